The molecule has 0 bridgehead atoms. The van der Waals surface area contributed by atoms with Crippen LogP contribution in [0.15, 0.2) is 0 Å². The molecule has 0 amide bonds. The van der Waals surface area contributed by atoms with Gasteiger partial charge in [0.25, 0.3) is 0 Å². The predicted molar refractivity (Wildman–Crippen MR) is 71.4 cm³/mol. The van der Waals surface area contributed by atoms with Crippen molar-refractivity contribution >= 4 is 0 Å². The first-order chi connectivity index (χ1) is 8.63. The van der Waals surface area contributed by atoms with E-state index < -0.39 is 0 Å². The molecule has 1 saturated heterocycles. The van der Waals surface area contributed by atoms with Gasteiger partial charge in [0.05, 0.1) is 12.2 Å². The average Bonchev–Trinajstić information content (AvgIpc) is 2.60. The van der Waals surface area contributed by atoms with Gasteiger partial charge in [-0.25, -0.2) is 0 Å². The Morgan fingerprint density at radius 1 is 1.39 bits per heavy atom. The fourth-order valence-corrected chi connectivity index (χ4v) is 4.45. The number of nitrogens with one attached hydrogen (secondary N) is 1. The van der Waals surface area contributed by atoms with Crippen LogP contribution in [-0.2, 0) is 4.74 Å². The number of ether oxygens (including phenoxy) is 1. The number of fused-ring (bicyclic) bond motifs is 2. The molecular weight excluding hydrogens is 226 g/mol. The van der Waals surface area contributed by atoms with E-state index >= 15 is 0 Å². The molecule has 3 fully saturated rings. The minimum atomic E-state index is -0.191. The summed E-state index contributed by atoms with van der Waals surface area (Å²) < 4.78 is 5.91. The third-order valence-corrected chi connectivity index (χ3v) is 5.35. The van der Waals surface area contributed by atoms with E-state index in [0.717, 1.165) is 25.5 Å². The number of aliphatic hydroxyl groups excluding tert-OH is 1. The molecule has 1 heterocycles. The maximum atomic E-state index is 10.00. The van der Waals surface area contributed by atoms with Crippen molar-refractivity contribution in [3.05, 3.63) is 0 Å². The highest BCUT2D eigenvalue weighted by Crippen LogP contribution is 2.62. The third kappa shape index (κ3) is 1.91. The normalized spacial score (nSPS) is 38.3. The van der Waals surface area contributed by atoms with Gasteiger partial charge in [0, 0.05) is 30.5 Å². The molecule has 2 N–H and O–H groups in total. The van der Waals surface area contributed by atoms with Crippen LogP contribution < -0.4 is 5.32 Å². The van der Waals surface area contributed by atoms with Crippen molar-refractivity contribution in [2.75, 3.05) is 13.2 Å². The number of hydrogen-bond donors (Lipinski definition) is 2. The third-order valence-electron chi connectivity index (χ3n) is 5.35. The molecule has 104 valence electrons. The van der Waals surface area contributed by atoms with Crippen LogP contribution in [0, 0.1) is 17.3 Å². The van der Waals surface area contributed by atoms with Crippen LogP contribution in [0.1, 0.15) is 46.0 Å². The van der Waals surface area contributed by atoms with E-state index in [1.807, 2.05) is 0 Å². The molecule has 2 aliphatic carbocycles. The SMILES string of the molecule is CC(C)CC(O)CNC1C2CCOC2C12CCC2. The molecule has 18 heavy (non-hydrogen) atoms. The summed E-state index contributed by atoms with van der Waals surface area (Å²) in [6, 6.07) is 0.612. The summed E-state index contributed by atoms with van der Waals surface area (Å²) in [6.07, 6.45) is 6.47. The zero-order valence-corrected chi connectivity index (χ0v) is 11.7. The van der Waals surface area contributed by atoms with Crippen LogP contribution in [0.4, 0.5) is 0 Å². The van der Waals surface area contributed by atoms with Gasteiger partial charge in [0.2, 0.25) is 0 Å². The van der Waals surface area contributed by atoms with Crippen molar-refractivity contribution in [1.29, 1.82) is 0 Å². The molecule has 2 saturated carbocycles. The topological polar surface area (TPSA) is 41.5 Å². The molecule has 4 atom stereocenters. The van der Waals surface area contributed by atoms with E-state index in [1.54, 1.807) is 0 Å². The Balaban J connectivity index is 1.53. The summed E-state index contributed by atoms with van der Waals surface area (Å²) in [6.45, 7) is 6.04. The summed E-state index contributed by atoms with van der Waals surface area (Å²) in [5.74, 6) is 1.29. The monoisotopic (exact) mass is 253 g/mol. The fourth-order valence-electron chi connectivity index (χ4n) is 4.45. The minimum Gasteiger partial charge on any atom is -0.392 e. The zero-order valence-electron chi connectivity index (χ0n) is 11.7. The van der Waals surface area contributed by atoms with E-state index in [2.05, 4.69) is 19.2 Å². The van der Waals surface area contributed by atoms with Crippen molar-refractivity contribution in [1.82, 2.24) is 5.32 Å². The van der Waals surface area contributed by atoms with Crippen LogP contribution in [-0.4, -0.2) is 36.5 Å². The van der Waals surface area contributed by atoms with Gasteiger partial charge in [-0.15, -0.1) is 0 Å². The van der Waals surface area contributed by atoms with Crippen molar-refractivity contribution in [2.45, 2.75) is 64.2 Å². The van der Waals surface area contributed by atoms with Crippen molar-refractivity contribution in [3.63, 3.8) is 0 Å². The Morgan fingerprint density at radius 2 is 2.17 bits per heavy atom. The highest BCUT2D eigenvalue weighted by atomic mass is 16.5. The average molecular weight is 253 g/mol. The van der Waals surface area contributed by atoms with E-state index in [4.69, 9.17) is 4.74 Å². The molecule has 0 radical (unpaired) electrons. The molecule has 0 aromatic rings. The van der Waals surface area contributed by atoms with Gasteiger partial charge in [-0.2, -0.15) is 0 Å². The lowest BCUT2D eigenvalue weighted by atomic mass is 9.46. The summed E-state index contributed by atoms with van der Waals surface area (Å²) in [4.78, 5) is 0. The second-order valence-electron chi connectivity index (χ2n) is 7.00. The lowest BCUT2D eigenvalue weighted by Crippen LogP contribution is -2.71. The summed E-state index contributed by atoms with van der Waals surface area (Å²) in [5, 5.41) is 13.7. The second-order valence-corrected chi connectivity index (χ2v) is 7.00. The van der Waals surface area contributed by atoms with Crippen LogP contribution in [0.3, 0.4) is 0 Å². The number of hydrogen-bond acceptors (Lipinski definition) is 3. The first-order valence-corrected chi connectivity index (χ1v) is 7.66. The van der Waals surface area contributed by atoms with Gasteiger partial charge in [-0.1, -0.05) is 20.3 Å². The molecule has 1 spiro atoms. The Kier molecular flexibility index (Phi) is 3.41. The molecular formula is C15H27NO2. The van der Waals surface area contributed by atoms with Gasteiger partial charge in [0.15, 0.2) is 0 Å². The molecule has 0 aromatic heterocycles. The van der Waals surface area contributed by atoms with Crippen LogP contribution >= 0.6 is 0 Å². The standard InChI is InChI=1S/C15H27NO2/c1-10(2)8-11(17)9-16-13-12-4-7-18-14(12)15(13)5-3-6-15/h10-14,16-17H,3-9H2,1-2H3. The number of aliphatic hydroxyl groups is 1. The van der Waals surface area contributed by atoms with E-state index in [1.165, 1.54) is 25.7 Å². The predicted octanol–water partition coefficient (Wildman–Crippen LogP) is 1.94. The van der Waals surface area contributed by atoms with Crippen LogP contribution in [0.5, 0.6) is 0 Å². The Morgan fingerprint density at radius 3 is 2.78 bits per heavy atom. The number of rotatable bonds is 5. The van der Waals surface area contributed by atoms with Gasteiger partial charge in [-0.3, -0.25) is 0 Å². The molecule has 3 heteroatoms. The Hall–Kier alpha value is -0.120. The quantitative estimate of drug-likeness (QED) is 0.787. The highest BCUT2D eigenvalue weighted by molar-refractivity contribution is 5.18. The lowest BCUT2D eigenvalue weighted by Gasteiger charge is -2.63. The van der Waals surface area contributed by atoms with Gasteiger partial charge in [0.1, 0.15) is 0 Å². The maximum Gasteiger partial charge on any atom is 0.0690 e. The van der Waals surface area contributed by atoms with Crippen LogP contribution in [0.2, 0.25) is 0 Å². The smallest absolute Gasteiger partial charge is 0.0690 e. The van der Waals surface area contributed by atoms with E-state index in [9.17, 15) is 5.11 Å². The van der Waals surface area contributed by atoms with Gasteiger partial charge in [-0.05, 0) is 31.6 Å². The van der Waals surface area contributed by atoms with Crippen molar-refractivity contribution in [2.24, 2.45) is 17.3 Å². The summed E-state index contributed by atoms with van der Waals surface area (Å²) >= 11 is 0. The summed E-state index contributed by atoms with van der Waals surface area (Å²) in [5.41, 5.74) is 0.443. The van der Waals surface area contributed by atoms with Crippen LogP contribution in [0.25, 0.3) is 0 Å². The highest BCUT2D eigenvalue weighted by Gasteiger charge is 2.66. The Bertz CT molecular complexity index is 301. The lowest BCUT2D eigenvalue weighted by molar-refractivity contribution is -0.177. The molecule has 3 rings (SSSR count). The largest absolute Gasteiger partial charge is 0.392 e. The van der Waals surface area contributed by atoms with E-state index in [-0.39, 0.29) is 6.10 Å². The maximum absolute atomic E-state index is 10.00. The van der Waals surface area contributed by atoms with Gasteiger partial charge >= 0.3 is 0 Å². The molecule has 3 aliphatic rings. The first-order valence-electron chi connectivity index (χ1n) is 7.66. The van der Waals surface area contributed by atoms with Gasteiger partial charge < -0.3 is 15.2 Å². The minimum absolute atomic E-state index is 0.191. The molecule has 0 aromatic carbocycles. The molecule has 1 aliphatic heterocycles. The van der Waals surface area contributed by atoms with Crippen molar-refractivity contribution < 1.29 is 9.84 Å². The summed E-state index contributed by atoms with van der Waals surface area (Å²) in [7, 11) is 0. The molecule has 4 unspecified atom stereocenters. The molecule has 3 nitrogen and oxygen atoms in total. The fraction of sp³-hybridized carbons (Fsp3) is 1.00. The Labute approximate surface area is 110 Å². The second kappa shape index (κ2) is 4.77. The van der Waals surface area contributed by atoms with Crippen molar-refractivity contribution in [3.8, 4) is 0 Å². The van der Waals surface area contributed by atoms with E-state index in [0.29, 0.717) is 23.5 Å². The first kappa shape index (κ1) is 12.9. The zero-order chi connectivity index (χ0) is 12.8.